The van der Waals surface area contributed by atoms with Gasteiger partial charge in [-0.15, -0.1) is 12.4 Å². The Bertz CT molecular complexity index is 368. The molecule has 17 heavy (non-hydrogen) atoms. The molecule has 1 aromatic rings. The molecule has 96 valence electrons. The van der Waals surface area contributed by atoms with Crippen LogP contribution >= 0.6 is 12.4 Å². The number of ether oxygens (including phenoxy) is 2. The summed E-state index contributed by atoms with van der Waals surface area (Å²) in [6.45, 7) is 4.73. The van der Waals surface area contributed by atoms with E-state index in [0.29, 0.717) is 12.7 Å². The van der Waals surface area contributed by atoms with Crippen molar-refractivity contribution in [1.82, 2.24) is 0 Å². The van der Waals surface area contributed by atoms with Crippen LogP contribution in [-0.2, 0) is 0 Å². The molecule has 0 amide bonds. The SMILES string of the molecule is CC(C)CC[C@@H](N)c1cccc2c1OCO2.Cl. The maximum atomic E-state index is 6.18. The number of rotatable bonds is 4. The van der Waals surface area contributed by atoms with Crippen molar-refractivity contribution in [2.24, 2.45) is 11.7 Å². The van der Waals surface area contributed by atoms with Crippen molar-refractivity contribution in [3.05, 3.63) is 23.8 Å². The predicted octanol–water partition coefficient (Wildman–Crippen LogP) is 3.27. The fourth-order valence-corrected chi connectivity index (χ4v) is 1.91. The standard InChI is InChI=1S/C13H19NO2.ClH/c1-9(2)6-7-11(14)10-4-3-5-12-13(10)16-8-15-12;/h3-5,9,11H,6-8,14H2,1-2H3;1H/t11-;/m1./s1. The molecule has 1 aromatic carbocycles. The van der Waals surface area contributed by atoms with Gasteiger partial charge in [-0.25, -0.2) is 0 Å². The largest absolute Gasteiger partial charge is 0.454 e. The van der Waals surface area contributed by atoms with Gasteiger partial charge in [0.1, 0.15) is 0 Å². The van der Waals surface area contributed by atoms with Crippen LogP contribution in [0.1, 0.15) is 38.3 Å². The van der Waals surface area contributed by atoms with Crippen molar-refractivity contribution in [1.29, 1.82) is 0 Å². The Morgan fingerprint density at radius 1 is 1.24 bits per heavy atom. The highest BCUT2D eigenvalue weighted by Crippen LogP contribution is 2.38. The van der Waals surface area contributed by atoms with Gasteiger partial charge in [-0.1, -0.05) is 26.0 Å². The summed E-state index contributed by atoms with van der Waals surface area (Å²) in [6, 6.07) is 5.96. The maximum Gasteiger partial charge on any atom is 0.231 e. The molecule has 1 aliphatic heterocycles. The summed E-state index contributed by atoms with van der Waals surface area (Å²) < 4.78 is 10.8. The number of para-hydroxylation sites is 1. The van der Waals surface area contributed by atoms with E-state index in [4.69, 9.17) is 15.2 Å². The van der Waals surface area contributed by atoms with Crippen LogP contribution in [0.2, 0.25) is 0 Å². The first-order valence-corrected chi connectivity index (χ1v) is 5.82. The Labute approximate surface area is 109 Å². The van der Waals surface area contributed by atoms with E-state index in [2.05, 4.69) is 13.8 Å². The summed E-state index contributed by atoms with van der Waals surface area (Å²) in [5.41, 5.74) is 7.25. The van der Waals surface area contributed by atoms with E-state index in [9.17, 15) is 0 Å². The zero-order valence-corrected chi connectivity index (χ0v) is 11.1. The van der Waals surface area contributed by atoms with Crippen molar-refractivity contribution in [2.75, 3.05) is 6.79 Å². The molecule has 2 rings (SSSR count). The van der Waals surface area contributed by atoms with E-state index in [1.807, 2.05) is 18.2 Å². The monoisotopic (exact) mass is 257 g/mol. The molecule has 2 N–H and O–H groups in total. The Morgan fingerprint density at radius 3 is 2.71 bits per heavy atom. The Morgan fingerprint density at radius 2 is 2.00 bits per heavy atom. The molecule has 1 aliphatic rings. The van der Waals surface area contributed by atoms with Crippen LogP contribution in [0.15, 0.2) is 18.2 Å². The minimum absolute atomic E-state index is 0. The second-order valence-corrected chi connectivity index (χ2v) is 4.66. The lowest BCUT2D eigenvalue weighted by Crippen LogP contribution is -2.12. The van der Waals surface area contributed by atoms with Gasteiger partial charge in [0.2, 0.25) is 6.79 Å². The Balaban J connectivity index is 0.00000144. The van der Waals surface area contributed by atoms with Crippen molar-refractivity contribution in [3.8, 4) is 11.5 Å². The number of fused-ring (bicyclic) bond motifs is 1. The molecule has 3 nitrogen and oxygen atoms in total. The average Bonchev–Trinajstić information content (AvgIpc) is 2.73. The second kappa shape index (κ2) is 6.12. The quantitative estimate of drug-likeness (QED) is 0.900. The summed E-state index contributed by atoms with van der Waals surface area (Å²) in [5, 5.41) is 0. The van der Waals surface area contributed by atoms with E-state index in [-0.39, 0.29) is 18.4 Å². The van der Waals surface area contributed by atoms with Crippen molar-refractivity contribution >= 4 is 12.4 Å². The highest BCUT2D eigenvalue weighted by Gasteiger charge is 2.20. The van der Waals surface area contributed by atoms with Crippen LogP contribution in [0.25, 0.3) is 0 Å². The van der Waals surface area contributed by atoms with Crippen LogP contribution in [0.3, 0.4) is 0 Å². The lowest BCUT2D eigenvalue weighted by molar-refractivity contribution is 0.173. The third-order valence-corrected chi connectivity index (χ3v) is 2.88. The minimum atomic E-state index is 0. The minimum Gasteiger partial charge on any atom is -0.454 e. The van der Waals surface area contributed by atoms with Crippen LogP contribution in [0.4, 0.5) is 0 Å². The fraction of sp³-hybridized carbons (Fsp3) is 0.538. The van der Waals surface area contributed by atoms with E-state index in [0.717, 1.165) is 29.9 Å². The Hall–Kier alpha value is -0.930. The van der Waals surface area contributed by atoms with Gasteiger partial charge in [-0.2, -0.15) is 0 Å². The molecule has 0 radical (unpaired) electrons. The van der Waals surface area contributed by atoms with Gasteiger partial charge in [0, 0.05) is 11.6 Å². The number of hydrogen-bond acceptors (Lipinski definition) is 3. The molecule has 0 bridgehead atoms. The smallest absolute Gasteiger partial charge is 0.231 e. The lowest BCUT2D eigenvalue weighted by Gasteiger charge is -2.15. The van der Waals surface area contributed by atoms with Crippen molar-refractivity contribution in [2.45, 2.75) is 32.7 Å². The van der Waals surface area contributed by atoms with E-state index >= 15 is 0 Å². The summed E-state index contributed by atoms with van der Waals surface area (Å²) in [5.74, 6) is 2.33. The molecule has 4 heteroatoms. The highest BCUT2D eigenvalue weighted by atomic mass is 35.5. The first-order chi connectivity index (χ1) is 7.68. The predicted molar refractivity (Wildman–Crippen MR) is 70.8 cm³/mol. The molecule has 0 saturated heterocycles. The average molecular weight is 258 g/mol. The molecule has 0 saturated carbocycles. The number of halogens is 1. The molecular weight excluding hydrogens is 238 g/mol. The first kappa shape index (κ1) is 14.1. The van der Waals surface area contributed by atoms with Gasteiger partial charge in [0.25, 0.3) is 0 Å². The van der Waals surface area contributed by atoms with Crippen LogP contribution < -0.4 is 15.2 Å². The number of nitrogens with two attached hydrogens (primary N) is 1. The molecule has 0 unspecified atom stereocenters. The Kier molecular flexibility index (Phi) is 5.09. The molecular formula is C13H20ClNO2. The summed E-state index contributed by atoms with van der Waals surface area (Å²) >= 11 is 0. The van der Waals surface area contributed by atoms with Gasteiger partial charge in [-0.3, -0.25) is 0 Å². The third-order valence-electron chi connectivity index (χ3n) is 2.88. The summed E-state index contributed by atoms with van der Waals surface area (Å²) in [7, 11) is 0. The lowest BCUT2D eigenvalue weighted by atomic mass is 9.97. The van der Waals surface area contributed by atoms with Crippen LogP contribution in [0.5, 0.6) is 11.5 Å². The number of hydrogen-bond donors (Lipinski definition) is 1. The zero-order chi connectivity index (χ0) is 11.5. The van der Waals surface area contributed by atoms with Crippen LogP contribution in [-0.4, -0.2) is 6.79 Å². The van der Waals surface area contributed by atoms with E-state index in [1.54, 1.807) is 0 Å². The number of benzene rings is 1. The van der Waals surface area contributed by atoms with Crippen LogP contribution in [0, 0.1) is 5.92 Å². The van der Waals surface area contributed by atoms with Crippen molar-refractivity contribution < 1.29 is 9.47 Å². The maximum absolute atomic E-state index is 6.18. The van der Waals surface area contributed by atoms with Gasteiger partial charge < -0.3 is 15.2 Å². The van der Waals surface area contributed by atoms with Gasteiger partial charge in [0.05, 0.1) is 0 Å². The van der Waals surface area contributed by atoms with Crippen molar-refractivity contribution in [3.63, 3.8) is 0 Å². The molecule has 1 atom stereocenters. The first-order valence-electron chi connectivity index (χ1n) is 5.82. The highest BCUT2D eigenvalue weighted by molar-refractivity contribution is 5.85. The topological polar surface area (TPSA) is 44.5 Å². The second-order valence-electron chi connectivity index (χ2n) is 4.66. The molecule has 1 heterocycles. The molecule has 0 aliphatic carbocycles. The third kappa shape index (κ3) is 3.27. The van der Waals surface area contributed by atoms with E-state index in [1.165, 1.54) is 0 Å². The van der Waals surface area contributed by atoms with E-state index < -0.39 is 0 Å². The molecule has 0 aromatic heterocycles. The van der Waals surface area contributed by atoms with Gasteiger partial charge in [-0.05, 0) is 24.8 Å². The molecule has 0 fully saturated rings. The zero-order valence-electron chi connectivity index (χ0n) is 10.3. The summed E-state index contributed by atoms with van der Waals surface area (Å²) in [4.78, 5) is 0. The fourth-order valence-electron chi connectivity index (χ4n) is 1.91. The molecule has 0 spiro atoms. The summed E-state index contributed by atoms with van der Waals surface area (Å²) in [6.07, 6.45) is 2.11. The normalized spacial score (nSPS) is 14.6. The van der Waals surface area contributed by atoms with Gasteiger partial charge in [0.15, 0.2) is 11.5 Å². The van der Waals surface area contributed by atoms with Gasteiger partial charge >= 0.3 is 0 Å².